The summed E-state index contributed by atoms with van der Waals surface area (Å²) in [7, 11) is -3.59. The van der Waals surface area contributed by atoms with Crippen LogP contribution in [-0.2, 0) is 14.8 Å². The largest absolute Gasteiger partial charge is 0.342 e. The fraction of sp³-hybridized carbons (Fsp3) is 0.571. The van der Waals surface area contributed by atoms with Crippen molar-refractivity contribution in [3.8, 4) is 0 Å². The summed E-state index contributed by atoms with van der Waals surface area (Å²) in [5, 5.41) is 3.33. The molecule has 3 rings (SSSR count). The van der Waals surface area contributed by atoms with Crippen LogP contribution in [0.5, 0.6) is 0 Å². The van der Waals surface area contributed by atoms with Crippen molar-refractivity contribution < 1.29 is 13.2 Å². The highest BCUT2D eigenvalue weighted by Gasteiger charge is 2.37. The van der Waals surface area contributed by atoms with E-state index in [1.165, 1.54) is 18.5 Å². The lowest BCUT2D eigenvalue weighted by Crippen LogP contribution is -2.35. The van der Waals surface area contributed by atoms with Gasteiger partial charge >= 0.3 is 0 Å². The minimum Gasteiger partial charge on any atom is -0.342 e. The normalized spacial score (nSPS) is 24.5. The van der Waals surface area contributed by atoms with Crippen LogP contribution < -0.4 is 10.0 Å². The number of amides is 1. The van der Waals surface area contributed by atoms with E-state index in [1.807, 2.05) is 4.90 Å². The number of hydrogen-bond acceptors (Lipinski definition) is 5. The Bertz CT molecular complexity index is 623. The monoisotopic (exact) mass is 324 g/mol. The second kappa shape index (κ2) is 6.31. The molecule has 0 unspecified atom stereocenters. The van der Waals surface area contributed by atoms with Gasteiger partial charge in [0.1, 0.15) is 4.90 Å². The first-order valence-corrected chi connectivity index (χ1v) is 8.93. The standard InChI is InChI=1S/C14H20N4O3S/c19-14(18-9-11-6-16-7-12(11)10-18)3-5-17-22(20,21)13-2-1-4-15-8-13/h1-2,4,8,11-12,16-17H,3,5-7,9-10H2/t11-,12+. The van der Waals surface area contributed by atoms with Crippen molar-refractivity contribution >= 4 is 15.9 Å². The van der Waals surface area contributed by atoms with Gasteiger partial charge in [0.15, 0.2) is 0 Å². The van der Waals surface area contributed by atoms with Crippen LogP contribution in [0.25, 0.3) is 0 Å². The third kappa shape index (κ3) is 3.29. The molecule has 1 aromatic rings. The lowest BCUT2D eigenvalue weighted by atomic mass is 10.0. The molecule has 2 aliphatic heterocycles. The van der Waals surface area contributed by atoms with Crippen molar-refractivity contribution in [1.82, 2.24) is 19.9 Å². The molecule has 7 nitrogen and oxygen atoms in total. The molecule has 0 bridgehead atoms. The summed E-state index contributed by atoms with van der Waals surface area (Å²) in [5.74, 6) is 1.12. The quantitative estimate of drug-likeness (QED) is 0.757. The van der Waals surface area contributed by atoms with E-state index < -0.39 is 10.0 Å². The van der Waals surface area contributed by atoms with Gasteiger partial charge in [0.05, 0.1) is 0 Å². The first-order valence-electron chi connectivity index (χ1n) is 7.44. The molecule has 2 atom stereocenters. The molecule has 22 heavy (non-hydrogen) atoms. The van der Waals surface area contributed by atoms with E-state index in [4.69, 9.17) is 0 Å². The minimum atomic E-state index is -3.59. The number of sulfonamides is 1. The maximum Gasteiger partial charge on any atom is 0.242 e. The number of fused-ring (bicyclic) bond motifs is 1. The van der Waals surface area contributed by atoms with Crippen molar-refractivity contribution in [3.05, 3.63) is 24.5 Å². The second-order valence-electron chi connectivity index (χ2n) is 5.81. The highest BCUT2D eigenvalue weighted by atomic mass is 32.2. The number of hydrogen-bond donors (Lipinski definition) is 2. The van der Waals surface area contributed by atoms with E-state index in [0.717, 1.165) is 26.2 Å². The van der Waals surface area contributed by atoms with Crippen molar-refractivity contribution in [2.24, 2.45) is 11.8 Å². The Kier molecular flexibility index (Phi) is 4.42. The minimum absolute atomic E-state index is 0.0169. The SMILES string of the molecule is O=C(CCNS(=O)(=O)c1cccnc1)N1C[C@H]2CNC[C@H]2C1. The molecule has 2 fully saturated rings. The summed E-state index contributed by atoms with van der Waals surface area (Å²) in [6.45, 7) is 3.63. The zero-order chi connectivity index (χ0) is 15.6. The number of carbonyl (C=O) groups excluding carboxylic acids is 1. The summed E-state index contributed by atoms with van der Waals surface area (Å²) in [4.78, 5) is 17.9. The molecule has 2 saturated heterocycles. The average molecular weight is 324 g/mol. The Morgan fingerprint density at radius 1 is 1.36 bits per heavy atom. The smallest absolute Gasteiger partial charge is 0.242 e. The van der Waals surface area contributed by atoms with Gasteiger partial charge in [-0.05, 0) is 24.0 Å². The molecule has 0 radical (unpaired) electrons. The summed E-state index contributed by atoms with van der Waals surface area (Å²) < 4.78 is 26.5. The molecule has 1 aromatic heterocycles. The summed E-state index contributed by atoms with van der Waals surface area (Å²) in [6.07, 6.45) is 2.99. The molecule has 0 aromatic carbocycles. The van der Waals surface area contributed by atoms with Gasteiger partial charge in [0.25, 0.3) is 0 Å². The molecular weight excluding hydrogens is 304 g/mol. The van der Waals surface area contributed by atoms with Crippen LogP contribution in [0.4, 0.5) is 0 Å². The molecule has 0 spiro atoms. The first kappa shape index (κ1) is 15.4. The van der Waals surface area contributed by atoms with Crippen LogP contribution in [-0.4, -0.2) is 56.9 Å². The van der Waals surface area contributed by atoms with E-state index >= 15 is 0 Å². The average Bonchev–Trinajstić information content (AvgIpc) is 3.09. The van der Waals surface area contributed by atoms with Crippen molar-refractivity contribution in [2.75, 3.05) is 32.7 Å². The van der Waals surface area contributed by atoms with Crippen LogP contribution in [0.2, 0.25) is 0 Å². The predicted octanol–water partition coefficient (Wildman–Crippen LogP) is -0.572. The van der Waals surface area contributed by atoms with E-state index in [9.17, 15) is 13.2 Å². The fourth-order valence-corrected chi connectivity index (χ4v) is 4.09. The summed E-state index contributed by atoms with van der Waals surface area (Å²) in [6, 6.07) is 3.04. The van der Waals surface area contributed by atoms with Crippen molar-refractivity contribution in [3.63, 3.8) is 0 Å². The lowest BCUT2D eigenvalue weighted by molar-refractivity contribution is -0.130. The van der Waals surface area contributed by atoms with Gasteiger partial charge in [0, 0.05) is 51.5 Å². The molecule has 3 heterocycles. The molecule has 120 valence electrons. The maximum absolute atomic E-state index is 12.2. The Labute approximate surface area is 130 Å². The van der Waals surface area contributed by atoms with Gasteiger partial charge in [-0.15, -0.1) is 0 Å². The second-order valence-corrected chi connectivity index (χ2v) is 7.58. The van der Waals surface area contributed by atoms with Crippen LogP contribution >= 0.6 is 0 Å². The van der Waals surface area contributed by atoms with Crippen LogP contribution in [0, 0.1) is 11.8 Å². The van der Waals surface area contributed by atoms with Crippen molar-refractivity contribution in [2.45, 2.75) is 11.3 Å². The van der Waals surface area contributed by atoms with Gasteiger partial charge in [-0.2, -0.15) is 0 Å². The maximum atomic E-state index is 12.2. The molecule has 0 aliphatic carbocycles. The van der Waals surface area contributed by atoms with Crippen LogP contribution in [0.1, 0.15) is 6.42 Å². The van der Waals surface area contributed by atoms with Crippen LogP contribution in [0.3, 0.4) is 0 Å². The number of likely N-dealkylation sites (tertiary alicyclic amines) is 1. The van der Waals surface area contributed by atoms with E-state index in [0.29, 0.717) is 11.8 Å². The van der Waals surface area contributed by atoms with Gasteiger partial charge in [-0.1, -0.05) is 0 Å². The summed E-state index contributed by atoms with van der Waals surface area (Å²) in [5.41, 5.74) is 0. The Morgan fingerprint density at radius 3 is 2.73 bits per heavy atom. The number of pyridine rings is 1. The van der Waals surface area contributed by atoms with Gasteiger partial charge < -0.3 is 10.2 Å². The summed E-state index contributed by atoms with van der Waals surface area (Å²) >= 11 is 0. The van der Waals surface area contributed by atoms with Crippen molar-refractivity contribution in [1.29, 1.82) is 0 Å². The topological polar surface area (TPSA) is 91.4 Å². The lowest BCUT2D eigenvalue weighted by Gasteiger charge is -2.17. The third-order valence-electron chi connectivity index (χ3n) is 4.32. The fourth-order valence-electron chi connectivity index (χ4n) is 3.10. The molecule has 1 amide bonds. The Morgan fingerprint density at radius 2 is 2.09 bits per heavy atom. The van der Waals surface area contributed by atoms with E-state index in [2.05, 4.69) is 15.0 Å². The first-order chi connectivity index (χ1) is 10.6. The Hall–Kier alpha value is -1.51. The molecule has 0 saturated carbocycles. The highest BCUT2D eigenvalue weighted by Crippen LogP contribution is 2.26. The van der Waals surface area contributed by atoms with Gasteiger partial charge in [-0.3, -0.25) is 9.78 Å². The zero-order valence-corrected chi connectivity index (χ0v) is 13.1. The third-order valence-corrected chi connectivity index (χ3v) is 5.76. The van der Waals surface area contributed by atoms with Gasteiger partial charge in [0.2, 0.25) is 15.9 Å². The zero-order valence-electron chi connectivity index (χ0n) is 12.2. The molecular formula is C14H20N4O3S. The predicted molar refractivity (Wildman–Crippen MR) is 80.5 cm³/mol. The van der Waals surface area contributed by atoms with Gasteiger partial charge in [-0.25, -0.2) is 13.1 Å². The molecule has 2 N–H and O–H groups in total. The highest BCUT2D eigenvalue weighted by molar-refractivity contribution is 7.89. The number of carbonyl (C=O) groups is 1. The molecule has 8 heteroatoms. The van der Waals surface area contributed by atoms with E-state index in [1.54, 1.807) is 6.07 Å². The van der Waals surface area contributed by atoms with E-state index in [-0.39, 0.29) is 23.8 Å². The van der Waals surface area contributed by atoms with Crippen LogP contribution in [0.15, 0.2) is 29.4 Å². The number of nitrogens with one attached hydrogen (secondary N) is 2. The number of nitrogens with zero attached hydrogens (tertiary/aromatic N) is 2. The Balaban J connectivity index is 1.48. The number of aromatic nitrogens is 1. The number of rotatable bonds is 5. The molecule has 2 aliphatic rings.